The molecule has 0 aliphatic rings. The third-order valence-corrected chi connectivity index (χ3v) is 4.99. The molecule has 0 radical (unpaired) electrons. The molecule has 0 aliphatic carbocycles. The molecule has 0 saturated heterocycles. The number of rotatable bonds is 7. The van der Waals surface area contributed by atoms with Crippen molar-refractivity contribution in [3.05, 3.63) is 94.0 Å². The van der Waals surface area contributed by atoms with Crippen molar-refractivity contribution in [3.63, 3.8) is 0 Å². The standard InChI is InChI=1S/C24H23BrN2O3/c1-17-13-20(25)11-12-22(17)30-16-23(28)26-21-10-6-9-19(14-21)24(29)27(2)15-18-7-4-3-5-8-18/h3-14H,15-16H2,1-2H3,(H,26,28). The maximum Gasteiger partial charge on any atom is 0.262 e. The van der Waals surface area contributed by atoms with Crippen LogP contribution in [0, 0.1) is 6.92 Å². The van der Waals surface area contributed by atoms with Gasteiger partial charge in [0, 0.05) is 29.3 Å². The summed E-state index contributed by atoms with van der Waals surface area (Å²) < 4.78 is 6.55. The molecule has 0 spiro atoms. The summed E-state index contributed by atoms with van der Waals surface area (Å²) in [5, 5.41) is 2.78. The monoisotopic (exact) mass is 466 g/mol. The Morgan fingerprint density at radius 2 is 1.77 bits per heavy atom. The molecule has 30 heavy (non-hydrogen) atoms. The number of nitrogens with one attached hydrogen (secondary N) is 1. The van der Waals surface area contributed by atoms with Gasteiger partial charge in [0.2, 0.25) is 0 Å². The Hall–Kier alpha value is -3.12. The van der Waals surface area contributed by atoms with Crippen molar-refractivity contribution >= 4 is 33.4 Å². The van der Waals surface area contributed by atoms with Gasteiger partial charge in [-0.05, 0) is 54.4 Å². The molecule has 0 fully saturated rings. The second-order valence-corrected chi connectivity index (χ2v) is 7.89. The van der Waals surface area contributed by atoms with E-state index in [2.05, 4.69) is 21.2 Å². The normalized spacial score (nSPS) is 10.4. The molecule has 3 aromatic rings. The highest BCUT2D eigenvalue weighted by atomic mass is 79.9. The summed E-state index contributed by atoms with van der Waals surface area (Å²) in [4.78, 5) is 26.7. The largest absolute Gasteiger partial charge is 0.483 e. The van der Waals surface area contributed by atoms with Crippen LogP contribution in [0.2, 0.25) is 0 Å². The molecule has 1 N–H and O–H groups in total. The highest BCUT2D eigenvalue weighted by Crippen LogP contribution is 2.22. The number of hydrogen-bond donors (Lipinski definition) is 1. The van der Waals surface area contributed by atoms with Crippen molar-refractivity contribution in [2.45, 2.75) is 13.5 Å². The quantitative estimate of drug-likeness (QED) is 0.529. The Labute approximate surface area is 184 Å². The summed E-state index contributed by atoms with van der Waals surface area (Å²) in [6.07, 6.45) is 0. The van der Waals surface area contributed by atoms with E-state index in [1.54, 1.807) is 36.2 Å². The fourth-order valence-electron chi connectivity index (χ4n) is 2.99. The van der Waals surface area contributed by atoms with Gasteiger partial charge in [0.05, 0.1) is 0 Å². The van der Waals surface area contributed by atoms with Crippen LogP contribution in [0.3, 0.4) is 0 Å². The van der Waals surface area contributed by atoms with Gasteiger partial charge in [-0.15, -0.1) is 0 Å². The van der Waals surface area contributed by atoms with E-state index in [9.17, 15) is 9.59 Å². The molecule has 2 amide bonds. The molecule has 0 bridgehead atoms. The van der Waals surface area contributed by atoms with Gasteiger partial charge in [0.15, 0.2) is 6.61 Å². The Kier molecular flexibility index (Phi) is 7.25. The van der Waals surface area contributed by atoms with E-state index >= 15 is 0 Å². The smallest absolute Gasteiger partial charge is 0.262 e. The number of carbonyl (C=O) groups excluding carboxylic acids is 2. The van der Waals surface area contributed by atoms with Crippen LogP contribution < -0.4 is 10.1 Å². The van der Waals surface area contributed by atoms with Crippen LogP contribution in [0.5, 0.6) is 5.75 Å². The van der Waals surface area contributed by atoms with E-state index in [0.29, 0.717) is 23.5 Å². The Morgan fingerprint density at radius 1 is 1.00 bits per heavy atom. The summed E-state index contributed by atoms with van der Waals surface area (Å²) in [5.41, 5.74) is 3.05. The minimum absolute atomic E-state index is 0.114. The average molecular weight is 467 g/mol. The van der Waals surface area contributed by atoms with Crippen LogP contribution in [0.15, 0.2) is 77.3 Å². The first-order valence-corrected chi connectivity index (χ1v) is 10.3. The maximum absolute atomic E-state index is 12.7. The maximum atomic E-state index is 12.7. The van der Waals surface area contributed by atoms with E-state index in [4.69, 9.17) is 4.74 Å². The van der Waals surface area contributed by atoms with Gasteiger partial charge in [-0.2, -0.15) is 0 Å². The number of anilines is 1. The molecule has 0 aliphatic heterocycles. The van der Waals surface area contributed by atoms with E-state index in [1.165, 1.54) is 0 Å². The number of amides is 2. The number of nitrogens with zero attached hydrogens (tertiary/aromatic N) is 1. The van der Waals surface area contributed by atoms with E-state index in [0.717, 1.165) is 15.6 Å². The predicted molar refractivity (Wildman–Crippen MR) is 122 cm³/mol. The third kappa shape index (κ3) is 5.94. The Bertz CT molecular complexity index is 1040. The number of benzene rings is 3. The number of hydrogen-bond acceptors (Lipinski definition) is 3. The topological polar surface area (TPSA) is 58.6 Å². The van der Waals surface area contributed by atoms with Crippen molar-refractivity contribution in [2.75, 3.05) is 19.0 Å². The second-order valence-electron chi connectivity index (χ2n) is 6.97. The van der Waals surface area contributed by atoms with Crippen LogP contribution in [0.25, 0.3) is 0 Å². The van der Waals surface area contributed by atoms with Gasteiger partial charge in [0.1, 0.15) is 5.75 Å². The fourth-order valence-corrected chi connectivity index (χ4v) is 3.47. The first-order valence-electron chi connectivity index (χ1n) is 9.50. The van der Waals surface area contributed by atoms with Crippen molar-refractivity contribution in [1.82, 2.24) is 4.90 Å². The predicted octanol–water partition coefficient (Wildman–Crippen LogP) is 5.05. The van der Waals surface area contributed by atoms with Gasteiger partial charge in [-0.1, -0.05) is 52.3 Å². The summed E-state index contributed by atoms with van der Waals surface area (Å²) in [6.45, 7) is 2.31. The minimum Gasteiger partial charge on any atom is -0.483 e. The van der Waals surface area contributed by atoms with Crippen LogP contribution in [-0.4, -0.2) is 30.4 Å². The van der Waals surface area contributed by atoms with Crippen molar-refractivity contribution in [3.8, 4) is 5.75 Å². The Morgan fingerprint density at radius 3 is 2.50 bits per heavy atom. The lowest BCUT2D eigenvalue weighted by molar-refractivity contribution is -0.118. The average Bonchev–Trinajstić information content (AvgIpc) is 2.73. The number of carbonyl (C=O) groups is 2. The van der Waals surface area contributed by atoms with Crippen molar-refractivity contribution < 1.29 is 14.3 Å². The molecule has 154 valence electrons. The van der Waals surface area contributed by atoms with Crippen molar-refractivity contribution in [1.29, 1.82) is 0 Å². The second kappa shape index (κ2) is 10.1. The van der Waals surface area contributed by atoms with Crippen LogP contribution in [0.4, 0.5) is 5.69 Å². The zero-order valence-electron chi connectivity index (χ0n) is 16.9. The lowest BCUT2D eigenvalue weighted by Gasteiger charge is -2.18. The summed E-state index contributed by atoms with van der Waals surface area (Å²) >= 11 is 3.40. The first-order chi connectivity index (χ1) is 14.4. The SMILES string of the molecule is Cc1cc(Br)ccc1OCC(=O)Nc1cccc(C(=O)N(C)Cc2ccccc2)c1. The molecule has 5 nitrogen and oxygen atoms in total. The van der Waals surface area contributed by atoms with Crippen LogP contribution in [0.1, 0.15) is 21.5 Å². The molecule has 0 atom stereocenters. The highest BCUT2D eigenvalue weighted by Gasteiger charge is 2.13. The molecule has 0 unspecified atom stereocenters. The van der Waals surface area contributed by atoms with E-state index in [1.807, 2.05) is 55.5 Å². The minimum atomic E-state index is -0.292. The molecular formula is C24H23BrN2O3. The third-order valence-electron chi connectivity index (χ3n) is 4.50. The molecule has 3 rings (SSSR count). The van der Waals surface area contributed by atoms with Crippen LogP contribution >= 0.6 is 15.9 Å². The molecule has 6 heteroatoms. The number of ether oxygens (including phenoxy) is 1. The summed E-state index contributed by atoms with van der Waals surface area (Å²) in [7, 11) is 1.76. The zero-order valence-corrected chi connectivity index (χ0v) is 18.5. The molecule has 0 saturated carbocycles. The fraction of sp³-hybridized carbons (Fsp3) is 0.167. The van der Waals surface area contributed by atoms with Gasteiger partial charge in [0.25, 0.3) is 11.8 Å². The highest BCUT2D eigenvalue weighted by molar-refractivity contribution is 9.10. The van der Waals surface area contributed by atoms with E-state index in [-0.39, 0.29) is 18.4 Å². The number of aryl methyl sites for hydroxylation is 1. The van der Waals surface area contributed by atoms with Gasteiger partial charge in [-0.3, -0.25) is 9.59 Å². The molecule has 3 aromatic carbocycles. The molecule has 0 heterocycles. The lowest BCUT2D eigenvalue weighted by atomic mass is 10.1. The Balaban J connectivity index is 1.59. The molecule has 0 aromatic heterocycles. The van der Waals surface area contributed by atoms with E-state index < -0.39 is 0 Å². The van der Waals surface area contributed by atoms with Crippen LogP contribution in [-0.2, 0) is 11.3 Å². The zero-order chi connectivity index (χ0) is 21.5. The first kappa shape index (κ1) is 21.6. The van der Waals surface area contributed by atoms with Gasteiger partial charge < -0.3 is 15.0 Å². The van der Waals surface area contributed by atoms with Crippen molar-refractivity contribution in [2.24, 2.45) is 0 Å². The summed E-state index contributed by atoms with van der Waals surface area (Å²) in [5.74, 6) is 0.246. The van der Waals surface area contributed by atoms with Gasteiger partial charge in [-0.25, -0.2) is 0 Å². The summed E-state index contributed by atoms with van der Waals surface area (Å²) in [6, 6.07) is 22.3. The molecular weight excluding hydrogens is 444 g/mol. The van der Waals surface area contributed by atoms with Gasteiger partial charge >= 0.3 is 0 Å². The number of halogens is 1. The lowest BCUT2D eigenvalue weighted by Crippen LogP contribution is -2.26.